The first-order valence-corrected chi connectivity index (χ1v) is 4.31. The van der Waals surface area contributed by atoms with Gasteiger partial charge in [0, 0.05) is 0 Å². The van der Waals surface area contributed by atoms with E-state index in [-0.39, 0.29) is 2.85 Å². The summed E-state index contributed by atoms with van der Waals surface area (Å²) in [5.74, 6) is 0. The fourth-order valence-electron chi connectivity index (χ4n) is 0.936. The minimum atomic E-state index is 0. The molecule has 0 saturated heterocycles. The number of benzene rings is 1. The molecule has 1 atom stereocenters. The van der Waals surface area contributed by atoms with Gasteiger partial charge in [-0.3, -0.25) is 0 Å². The zero-order valence-corrected chi connectivity index (χ0v) is 7.40. The van der Waals surface area contributed by atoms with E-state index in [0.29, 0.717) is 4.78 Å². The average Bonchev–Trinajstić information content (AvgIpc) is 2.05. The van der Waals surface area contributed by atoms with Crippen LogP contribution in [-0.2, 0) is 0 Å². The molecule has 0 spiro atoms. The van der Waals surface area contributed by atoms with Crippen molar-refractivity contribution in [3.63, 3.8) is 0 Å². The summed E-state index contributed by atoms with van der Waals surface area (Å²) in [6, 6.07) is 10.6. The largest absolute Gasteiger partial charge is 1.00 e. The van der Waals surface area contributed by atoms with E-state index in [9.17, 15) is 0 Å². The van der Waals surface area contributed by atoms with Crippen LogP contribution in [0.1, 0.15) is 26.5 Å². The van der Waals surface area contributed by atoms with Crippen LogP contribution in [0.15, 0.2) is 30.3 Å². The van der Waals surface area contributed by atoms with Gasteiger partial charge in [-0.1, -0.05) is 0 Å². The molecule has 0 nitrogen and oxygen atoms in total. The van der Waals surface area contributed by atoms with Crippen LogP contribution in [0.2, 0.25) is 0 Å². The van der Waals surface area contributed by atoms with E-state index in [1.165, 1.54) is 12.0 Å². The SMILES string of the molecule is CC[CH]([Al+2])c1ccccc1.[H-].[H-]. The second-order valence-electron chi connectivity index (χ2n) is 2.43. The molecule has 1 unspecified atom stereocenters. The Morgan fingerprint density at radius 2 is 2.00 bits per heavy atom. The van der Waals surface area contributed by atoms with Crippen LogP contribution in [-0.4, -0.2) is 16.3 Å². The quantitative estimate of drug-likeness (QED) is 0.565. The first-order chi connectivity index (χ1) is 4.84. The van der Waals surface area contributed by atoms with Crippen LogP contribution >= 0.6 is 0 Å². The second kappa shape index (κ2) is 3.81. The summed E-state index contributed by atoms with van der Waals surface area (Å²) in [7, 11) is 0. The van der Waals surface area contributed by atoms with Crippen LogP contribution in [0.5, 0.6) is 0 Å². The van der Waals surface area contributed by atoms with Crippen LogP contribution < -0.4 is 0 Å². The Hall–Kier alpha value is -0.248. The Kier molecular flexibility index (Phi) is 2.99. The van der Waals surface area contributed by atoms with Crippen molar-refractivity contribution in [1.29, 1.82) is 0 Å². The van der Waals surface area contributed by atoms with Crippen molar-refractivity contribution in [3.05, 3.63) is 35.9 Å². The second-order valence-corrected chi connectivity index (χ2v) is 3.23. The monoisotopic (exact) mass is 148 g/mol. The summed E-state index contributed by atoms with van der Waals surface area (Å²) >= 11 is 2.85. The molecule has 0 heterocycles. The third kappa shape index (κ3) is 1.87. The topological polar surface area (TPSA) is 0 Å². The Morgan fingerprint density at radius 3 is 2.50 bits per heavy atom. The van der Waals surface area contributed by atoms with Gasteiger partial charge in [-0.2, -0.15) is 0 Å². The zero-order valence-electron chi connectivity index (χ0n) is 8.25. The first kappa shape index (κ1) is 7.86. The fourth-order valence-corrected chi connectivity index (χ4v) is 1.16. The summed E-state index contributed by atoms with van der Waals surface area (Å²) in [6.45, 7) is 2.20. The summed E-state index contributed by atoms with van der Waals surface area (Å²) < 4.78 is 0.626. The molecular weight excluding hydrogens is 135 g/mol. The molecular formula is C9H13Al. The average molecular weight is 148 g/mol. The zero-order chi connectivity index (χ0) is 7.40. The maximum Gasteiger partial charge on any atom is -1.00 e. The summed E-state index contributed by atoms with van der Waals surface area (Å²) in [5, 5.41) is 0. The van der Waals surface area contributed by atoms with E-state index in [2.05, 4.69) is 53.5 Å². The maximum absolute atomic E-state index is 2.85. The normalized spacial score (nSPS) is 13.1. The molecule has 10 heavy (non-hydrogen) atoms. The Bertz CT molecular complexity index is 189. The van der Waals surface area contributed by atoms with Gasteiger partial charge in [-0.05, 0) is 0 Å². The molecule has 52 valence electrons. The van der Waals surface area contributed by atoms with E-state index in [4.69, 9.17) is 0 Å². The number of hydrogen-bond acceptors (Lipinski definition) is 0. The molecule has 0 aromatic heterocycles. The van der Waals surface area contributed by atoms with Gasteiger partial charge in [0.15, 0.2) is 0 Å². The fraction of sp³-hybridized carbons (Fsp3) is 0.333. The molecule has 0 aliphatic rings. The van der Waals surface area contributed by atoms with Gasteiger partial charge in [0.1, 0.15) is 0 Å². The first-order valence-electron chi connectivity index (χ1n) is 3.65. The smallest absolute Gasteiger partial charge is 1.00 e. The van der Waals surface area contributed by atoms with Crippen molar-refractivity contribution >= 4 is 16.3 Å². The third-order valence-corrected chi connectivity index (χ3v) is 2.52. The molecule has 0 amide bonds. The molecule has 0 aliphatic carbocycles. The van der Waals surface area contributed by atoms with Gasteiger partial charge in [0.25, 0.3) is 0 Å². The standard InChI is InChI=1S/C9H11.Al.2H/c1-2-6-9-7-4-3-5-8-9;;;/h3-8H,2H2,1H3;;;/q;+2;2*-1. The maximum atomic E-state index is 2.85. The molecule has 0 bridgehead atoms. The van der Waals surface area contributed by atoms with Crippen molar-refractivity contribution in [1.82, 2.24) is 0 Å². The molecule has 1 heteroatoms. The van der Waals surface area contributed by atoms with E-state index in [1.54, 1.807) is 0 Å². The van der Waals surface area contributed by atoms with Gasteiger partial charge < -0.3 is 2.85 Å². The van der Waals surface area contributed by atoms with Gasteiger partial charge in [0.05, 0.1) is 0 Å². The van der Waals surface area contributed by atoms with Crippen molar-refractivity contribution in [2.24, 2.45) is 0 Å². The Labute approximate surface area is 73.7 Å². The Morgan fingerprint density at radius 1 is 1.40 bits per heavy atom. The molecule has 0 aliphatic heterocycles. The number of hydrogen-bond donors (Lipinski definition) is 0. The molecule has 1 aromatic carbocycles. The van der Waals surface area contributed by atoms with Crippen LogP contribution in [0.4, 0.5) is 0 Å². The summed E-state index contributed by atoms with van der Waals surface area (Å²) in [5.41, 5.74) is 1.41. The molecule has 0 saturated carbocycles. The molecule has 1 rings (SSSR count). The van der Waals surface area contributed by atoms with Crippen molar-refractivity contribution in [2.75, 3.05) is 0 Å². The predicted octanol–water partition coefficient (Wildman–Crippen LogP) is 2.53. The summed E-state index contributed by atoms with van der Waals surface area (Å²) in [4.78, 5) is 0. The van der Waals surface area contributed by atoms with E-state index >= 15 is 0 Å². The minimum absolute atomic E-state index is 0. The molecule has 1 aromatic rings. The van der Waals surface area contributed by atoms with E-state index in [1.807, 2.05) is 0 Å². The van der Waals surface area contributed by atoms with Crippen molar-refractivity contribution in [2.45, 2.75) is 18.1 Å². The van der Waals surface area contributed by atoms with Gasteiger partial charge in [-0.15, -0.1) is 0 Å². The predicted molar refractivity (Wildman–Crippen MR) is 47.5 cm³/mol. The van der Waals surface area contributed by atoms with Crippen molar-refractivity contribution < 1.29 is 2.85 Å². The van der Waals surface area contributed by atoms with E-state index < -0.39 is 0 Å². The third-order valence-electron chi connectivity index (χ3n) is 1.67. The summed E-state index contributed by atoms with van der Waals surface area (Å²) in [6.07, 6.45) is 1.19. The van der Waals surface area contributed by atoms with Crippen molar-refractivity contribution in [3.8, 4) is 0 Å². The van der Waals surface area contributed by atoms with E-state index in [0.717, 1.165) is 0 Å². The molecule has 0 radical (unpaired) electrons. The molecule has 0 N–H and O–H groups in total. The number of rotatable bonds is 2. The van der Waals surface area contributed by atoms with Gasteiger partial charge in [0.2, 0.25) is 0 Å². The minimum Gasteiger partial charge on any atom is -1.00 e. The van der Waals surface area contributed by atoms with Crippen LogP contribution in [0.25, 0.3) is 0 Å². The van der Waals surface area contributed by atoms with Crippen LogP contribution in [0.3, 0.4) is 0 Å². The Balaban J connectivity index is 0. The van der Waals surface area contributed by atoms with Gasteiger partial charge >= 0.3 is 70.3 Å². The van der Waals surface area contributed by atoms with Gasteiger partial charge in [-0.25, -0.2) is 0 Å². The molecule has 0 fully saturated rings. The van der Waals surface area contributed by atoms with Crippen LogP contribution in [0, 0.1) is 0 Å².